The predicted molar refractivity (Wildman–Crippen MR) is 113 cm³/mol. The van der Waals surface area contributed by atoms with E-state index in [0.717, 1.165) is 35.8 Å². The number of carbonyl (C=O) groups excluding carboxylic acids is 2. The minimum atomic E-state index is -0.351. The lowest BCUT2D eigenvalue weighted by atomic mass is 10.1. The Kier molecular flexibility index (Phi) is 7.34. The quantitative estimate of drug-likeness (QED) is 0.388. The van der Waals surface area contributed by atoms with Gasteiger partial charge in [0.1, 0.15) is 6.29 Å². The zero-order valence-corrected chi connectivity index (χ0v) is 16.8. The molecule has 0 spiro atoms. The lowest BCUT2D eigenvalue weighted by Gasteiger charge is -2.36. The molecule has 156 valence electrons. The van der Waals surface area contributed by atoms with E-state index in [-0.39, 0.29) is 30.4 Å². The van der Waals surface area contributed by atoms with Crippen LogP contribution in [-0.4, -0.2) is 48.5 Å². The topological polar surface area (TPSA) is 119 Å². The second-order valence-electron chi connectivity index (χ2n) is 7.28. The molecule has 1 saturated heterocycles. The van der Waals surface area contributed by atoms with E-state index in [0.29, 0.717) is 6.54 Å². The molecule has 2 heterocycles. The van der Waals surface area contributed by atoms with Gasteiger partial charge in [-0.15, -0.1) is 0 Å². The summed E-state index contributed by atoms with van der Waals surface area (Å²) in [5.74, 6) is -0.0167. The van der Waals surface area contributed by atoms with Gasteiger partial charge in [0.15, 0.2) is 0 Å². The molecule has 1 aromatic heterocycles. The number of hydrogen-bond donors (Lipinski definition) is 6. The lowest BCUT2D eigenvalue weighted by molar-refractivity contribution is -0.118. The summed E-state index contributed by atoms with van der Waals surface area (Å²) < 4.78 is 0. The molecule has 6 N–H and O–H groups in total. The van der Waals surface area contributed by atoms with Gasteiger partial charge in [-0.25, -0.2) is 4.79 Å². The summed E-state index contributed by atoms with van der Waals surface area (Å²) >= 11 is 0. The molecule has 3 atom stereocenters. The number of carbonyl (C=O) groups is 2. The van der Waals surface area contributed by atoms with Crippen LogP contribution in [-0.2, 0) is 4.79 Å². The van der Waals surface area contributed by atoms with E-state index in [2.05, 4.69) is 43.8 Å². The van der Waals surface area contributed by atoms with Crippen molar-refractivity contribution in [2.45, 2.75) is 45.2 Å². The number of hydrogen-bond acceptors (Lipinski definition) is 6. The fourth-order valence-electron chi connectivity index (χ4n) is 3.34. The van der Waals surface area contributed by atoms with E-state index < -0.39 is 0 Å². The molecule has 2 aromatic rings. The molecule has 9 nitrogen and oxygen atoms in total. The summed E-state index contributed by atoms with van der Waals surface area (Å²) in [5.41, 5.74) is 0.720. The number of nitrogens with one attached hydrogen (secondary N) is 6. The third-order valence-electron chi connectivity index (χ3n) is 4.70. The third-order valence-corrected chi connectivity index (χ3v) is 4.70. The van der Waals surface area contributed by atoms with Gasteiger partial charge in [0.05, 0.1) is 6.17 Å². The zero-order chi connectivity index (χ0) is 20.6. The summed E-state index contributed by atoms with van der Waals surface area (Å²) in [7, 11) is 0. The highest BCUT2D eigenvalue weighted by atomic mass is 16.2. The molecule has 0 bridgehead atoms. The summed E-state index contributed by atoms with van der Waals surface area (Å²) in [6, 6.07) is 7.56. The van der Waals surface area contributed by atoms with Crippen LogP contribution in [0.15, 0.2) is 36.7 Å². The molecule has 3 amide bonds. The summed E-state index contributed by atoms with van der Waals surface area (Å²) in [5, 5.41) is 20.7. The Bertz CT molecular complexity index is 844. The smallest absolute Gasteiger partial charge is 0.321 e. The molecule has 0 radical (unpaired) electrons. The summed E-state index contributed by atoms with van der Waals surface area (Å²) in [6.07, 6.45) is 4.97. The van der Waals surface area contributed by atoms with Gasteiger partial charge in [-0.1, -0.05) is 6.07 Å². The Hall–Kier alpha value is -2.75. The monoisotopic (exact) mass is 399 g/mol. The van der Waals surface area contributed by atoms with Crippen LogP contribution in [0.3, 0.4) is 0 Å². The van der Waals surface area contributed by atoms with Gasteiger partial charge in [-0.3, -0.25) is 20.4 Å². The zero-order valence-electron chi connectivity index (χ0n) is 16.8. The van der Waals surface area contributed by atoms with Crippen molar-refractivity contribution in [3.05, 3.63) is 36.7 Å². The van der Waals surface area contributed by atoms with E-state index in [1.807, 2.05) is 24.3 Å². The molecular formula is C20H29N7O2. The molecule has 1 aliphatic rings. The predicted octanol–water partition coefficient (Wildman–Crippen LogP) is 1.05. The molecule has 9 heteroatoms. The summed E-state index contributed by atoms with van der Waals surface area (Å²) in [4.78, 5) is 27.4. The number of pyridine rings is 1. The van der Waals surface area contributed by atoms with E-state index in [4.69, 9.17) is 0 Å². The average molecular weight is 399 g/mol. The van der Waals surface area contributed by atoms with Gasteiger partial charge in [-0.05, 0) is 49.9 Å². The van der Waals surface area contributed by atoms with Crippen molar-refractivity contribution in [2.24, 2.45) is 0 Å². The minimum Gasteiger partial charge on any atom is -0.356 e. The SMILES string of the molecule is CC(=O)NCCCNC1CC(C)NC(NC(=O)Nc2ccc3cnccc3c2)N1. The van der Waals surface area contributed by atoms with Gasteiger partial charge in [0.2, 0.25) is 5.91 Å². The molecule has 1 aliphatic heterocycles. The standard InChI is InChI=1S/C20H29N7O2/c1-13-10-18(23-8-3-7-22-14(2)28)26-19(24-13)27-20(29)25-17-5-4-16-12-21-9-6-15(16)11-17/h4-6,9,11-13,18-19,23-24,26H,3,7-8,10H2,1-2H3,(H,22,28)(H2,25,27,29). The van der Waals surface area contributed by atoms with Crippen molar-refractivity contribution in [3.63, 3.8) is 0 Å². The van der Waals surface area contributed by atoms with Gasteiger partial charge in [-0.2, -0.15) is 0 Å². The van der Waals surface area contributed by atoms with E-state index in [1.54, 1.807) is 12.4 Å². The maximum atomic E-state index is 12.4. The number of aromatic nitrogens is 1. The number of urea groups is 1. The number of rotatable bonds is 7. The largest absolute Gasteiger partial charge is 0.356 e. The van der Waals surface area contributed by atoms with Crippen LogP contribution < -0.4 is 31.9 Å². The number of amides is 3. The highest BCUT2D eigenvalue weighted by Crippen LogP contribution is 2.17. The Morgan fingerprint density at radius 1 is 1.17 bits per heavy atom. The highest BCUT2D eigenvalue weighted by Gasteiger charge is 2.25. The molecule has 0 aliphatic carbocycles. The number of nitrogens with zero attached hydrogens (tertiary/aromatic N) is 1. The Morgan fingerprint density at radius 2 is 2.03 bits per heavy atom. The first-order valence-corrected chi connectivity index (χ1v) is 9.91. The maximum Gasteiger partial charge on any atom is 0.321 e. The van der Waals surface area contributed by atoms with Crippen LogP contribution in [0.1, 0.15) is 26.7 Å². The first kappa shape index (κ1) is 21.0. The molecule has 1 aromatic carbocycles. The number of benzene rings is 1. The minimum absolute atomic E-state index is 0.0167. The first-order chi connectivity index (χ1) is 14.0. The van der Waals surface area contributed by atoms with Gasteiger partial charge in [0, 0.05) is 43.0 Å². The normalized spacial score (nSPS) is 21.5. The van der Waals surface area contributed by atoms with Crippen LogP contribution in [0.2, 0.25) is 0 Å². The molecule has 29 heavy (non-hydrogen) atoms. The van der Waals surface area contributed by atoms with Crippen molar-refractivity contribution >= 4 is 28.4 Å². The maximum absolute atomic E-state index is 12.4. The third kappa shape index (κ3) is 6.67. The second kappa shape index (κ2) is 10.1. The molecule has 1 fully saturated rings. The van der Waals surface area contributed by atoms with Crippen molar-refractivity contribution in [2.75, 3.05) is 18.4 Å². The van der Waals surface area contributed by atoms with Crippen LogP contribution >= 0.6 is 0 Å². The van der Waals surface area contributed by atoms with Crippen LogP contribution in [0.4, 0.5) is 10.5 Å². The summed E-state index contributed by atoms with van der Waals surface area (Å²) in [6.45, 7) is 5.01. The van der Waals surface area contributed by atoms with Gasteiger partial charge in [0.25, 0.3) is 0 Å². The first-order valence-electron chi connectivity index (χ1n) is 9.91. The Balaban J connectivity index is 1.46. The van der Waals surface area contributed by atoms with Crippen molar-refractivity contribution < 1.29 is 9.59 Å². The van der Waals surface area contributed by atoms with E-state index >= 15 is 0 Å². The number of fused-ring (bicyclic) bond motifs is 1. The fraction of sp³-hybridized carbons (Fsp3) is 0.450. The van der Waals surface area contributed by atoms with E-state index in [1.165, 1.54) is 6.92 Å². The molecule has 3 unspecified atom stereocenters. The van der Waals surface area contributed by atoms with Crippen molar-refractivity contribution in [3.8, 4) is 0 Å². The van der Waals surface area contributed by atoms with Crippen molar-refractivity contribution in [1.29, 1.82) is 0 Å². The fourth-order valence-corrected chi connectivity index (χ4v) is 3.34. The molecular weight excluding hydrogens is 370 g/mol. The van der Waals surface area contributed by atoms with Crippen molar-refractivity contribution in [1.82, 2.24) is 31.6 Å². The van der Waals surface area contributed by atoms with E-state index in [9.17, 15) is 9.59 Å². The number of anilines is 1. The van der Waals surface area contributed by atoms with Crippen LogP contribution in [0, 0.1) is 0 Å². The van der Waals surface area contributed by atoms with Gasteiger partial charge >= 0.3 is 6.03 Å². The Labute approximate surface area is 170 Å². The van der Waals surface area contributed by atoms with Gasteiger partial charge < -0.3 is 21.3 Å². The van der Waals surface area contributed by atoms with Crippen LogP contribution in [0.5, 0.6) is 0 Å². The highest BCUT2D eigenvalue weighted by molar-refractivity contribution is 5.93. The second-order valence-corrected chi connectivity index (χ2v) is 7.28. The Morgan fingerprint density at radius 3 is 2.86 bits per heavy atom. The van der Waals surface area contributed by atoms with Crippen LogP contribution in [0.25, 0.3) is 10.8 Å². The lowest BCUT2D eigenvalue weighted by Crippen LogP contribution is -2.67. The molecule has 3 rings (SSSR count). The molecule has 0 saturated carbocycles. The average Bonchev–Trinajstić information content (AvgIpc) is 2.67.